The van der Waals surface area contributed by atoms with Crippen molar-refractivity contribution >= 4 is 11.6 Å². The molecule has 0 aliphatic carbocycles. The molecular weight excluding hydrogens is 311 g/mol. The molecule has 24 heavy (non-hydrogen) atoms. The van der Waals surface area contributed by atoms with Crippen LogP contribution in [0, 0.1) is 5.82 Å². The molecule has 0 fully saturated rings. The minimum atomic E-state index is -1.06. The van der Waals surface area contributed by atoms with Crippen LogP contribution < -0.4 is 5.32 Å². The van der Waals surface area contributed by atoms with E-state index in [2.05, 4.69) is 15.6 Å². The van der Waals surface area contributed by atoms with Crippen molar-refractivity contribution in [3.05, 3.63) is 54.1 Å². The summed E-state index contributed by atoms with van der Waals surface area (Å²) in [6.45, 7) is 2.94. The Hall–Kier alpha value is -2.70. The average Bonchev–Trinajstić information content (AvgIpc) is 3.22. The molecule has 1 aromatic heterocycles. The minimum Gasteiger partial charge on any atom is -0.379 e. The lowest BCUT2D eigenvalue weighted by Gasteiger charge is -2.20. The van der Waals surface area contributed by atoms with Crippen LogP contribution in [0.4, 0.5) is 4.39 Å². The fourth-order valence-electron chi connectivity index (χ4n) is 2.55. The van der Waals surface area contributed by atoms with Crippen LogP contribution >= 0.6 is 0 Å². The van der Waals surface area contributed by atoms with Gasteiger partial charge in [-0.15, -0.1) is 0 Å². The highest BCUT2D eigenvalue weighted by molar-refractivity contribution is 6.05. The number of amides is 1. The molecule has 3 rings (SSSR count). The van der Waals surface area contributed by atoms with Crippen LogP contribution in [0.1, 0.15) is 25.3 Å². The van der Waals surface area contributed by atoms with E-state index in [1.54, 1.807) is 25.3 Å². The maximum Gasteiger partial charge on any atom is 0.267 e. The first-order chi connectivity index (χ1) is 11.6. The Morgan fingerprint density at radius 2 is 2.33 bits per heavy atom. The van der Waals surface area contributed by atoms with Crippen molar-refractivity contribution in [2.24, 2.45) is 5.16 Å². The van der Waals surface area contributed by atoms with E-state index < -0.39 is 5.60 Å². The fourth-order valence-corrected chi connectivity index (χ4v) is 2.55. The molecule has 1 aromatic carbocycles. The molecule has 0 saturated heterocycles. The molecule has 126 valence electrons. The third-order valence-electron chi connectivity index (χ3n) is 3.91. The van der Waals surface area contributed by atoms with Gasteiger partial charge in [0.05, 0.1) is 5.71 Å². The summed E-state index contributed by atoms with van der Waals surface area (Å²) in [5.74, 6) is -0.565. The Morgan fingerprint density at radius 3 is 3.08 bits per heavy atom. The van der Waals surface area contributed by atoms with Gasteiger partial charge in [-0.3, -0.25) is 9.48 Å². The molecule has 0 radical (unpaired) electrons. The molecule has 0 bridgehead atoms. The maximum atomic E-state index is 13.3. The molecule has 1 amide bonds. The third-order valence-corrected chi connectivity index (χ3v) is 3.91. The van der Waals surface area contributed by atoms with Crippen LogP contribution in [0.5, 0.6) is 0 Å². The average molecular weight is 330 g/mol. The van der Waals surface area contributed by atoms with E-state index in [1.165, 1.54) is 12.1 Å². The van der Waals surface area contributed by atoms with Gasteiger partial charge in [-0.05, 0) is 31.5 Å². The van der Waals surface area contributed by atoms with Crippen LogP contribution in [0.15, 0.2) is 47.9 Å². The second-order valence-corrected chi connectivity index (χ2v) is 5.93. The molecule has 2 aromatic rings. The first-order valence-corrected chi connectivity index (χ1v) is 7.83. The van der Waals surface area contributed by atoms with Gasteiger partial charge in [0.1, 0.15) is 5.82 Å². The predicted molar refractivity (Wildman–Crippen MR) is 86.9 cm³/mol. The van der Waals surface area contributed by atoms with Gasteiger partial charge in [-0.2, -0.15) is 5.10 Å². The second kappa shape index (κ2) is 6.82. The fraction of sp³-hybridized carbons (Fsp3) is 0.353. The highest BCUT2D eigenvalue weighted by Crippen LogP contribution is 2.27. The molecule has 1 unspecified atom stereocenters. The van der Waals surface area contributed by atoms with Crippen molar-refractivity contribution in [3.63, 3.8) is 0 Å². The molecule has 0 saturated carbocycles. The van der Waals surface area contributed by atoms with Gasteiger partial charge in [0.2, 0.25) is 5.60 Å². The monoisotopic (exact) mass is 330 g/mol. The van der Waals surface area contributed by atoms with Crippen LogP contribution in [0.25, 0.3) is 0 Å². The zero-order valence-corrected chi connectivity index (χ0v) is 13.4. The smallest absolute Gasteiger partial charge is 0.267 e. The first kappa shape index (κ1) is 16.2. The summed E-state index contributed by atoms with van der Waals surface area (Å²) < 4.78 is 15.1. The Balaban J connectivity index is 1.50. The Labute approximate surface area is 139 Å². The number of rotatable bonds is 6. The number of carbonyl (C=O) groups is 1. The second-order valence-electron chi connectivity index (χ2n) is 5.93. The van der Waals surface area contributed by atoms with E-state index in [9.17, 15) is 9.18 Å². The number of oxime groups is 1. The van der Waals surface area contributed by atoms with Gasteiger partial charge in [-0.25, -0.2) is 4.39 Å². The largest absolute Gasteiger partial charge is 0.379 e. The van der Waals surface area contributed by atoms with Gasteiger partial charge in [0, 0.05) is 37.5 Å². The SMILES string of the molecule is CC1(C(=O)NCCCn2cccn2)CC(c2cccc(F)c2)=NO1. The summed E-state index contributed by atoms with van der Waals surface area (Å²) >= 11 is 0. The molecule has 1 aliphatic rings. The highest BCUT2D eigenvalue weighted by atomic mass is 19.1. The number of benzene rings is 1. The predicted octanol–water partition coefficient (Wildman–Crippen LogP) is 2.11. The topological polar surface area (TPSA) is 68.5 Å². The van der Waals surface area contributed by atoms with Crippen molar-refractivity contribution in [1.29, 1.82) is 0 Å². The molecule has 1 N–H and O–H groups in total. The molecular formula is C17H19FN4O2. The zero-order valence-electron chi connectivity index (χ0n) is 13.4. The Bertz CT molecular complexity index is 745. The summed E-state index contributed by atoms with van der Waals surface area (Å²) in [6.07, 6.45) is 4.67. The van der Waals surface area contributed by atoms with Gasteiger partial charge in [0.25, 0.3) is 5.91 Å². The van der Waals surface area contributed by atoms with E-state index in [-0.39, 0.29) is 11.7 Å². The maximum absolute atomic E-state index is 13.3. The van der Waals surface area contributed by atoms with E-state index in [4.69, 9.17) is 4.84 Å². The van der Waals surface area contributed by atoms with Crippen LogP contribution in [-0.2, 0) is 16.2 Å². The minimum absolute atomic E-state index is 0.224. The quantitative estimate of drug-likeness (QED) is 0.825. The van der Waals surface area contributed by atoms with Gasteiger partial charge in [0.15, 0.2) is 0 Å². The number of hydrogen-bond donors (Lipinski definition) is 1. The summed E-state index contributed by atoms with van der Waals surface area (Å²) in [7, 11) is 0. The van der Waals surface area contributed by atoms with Crippen molar-refractivity contribution in [1.82, 2.24) is 15.1 Å². The van der Waals surface area contributed by atoms with Crippen LogP contribution in [0.3, 0.4) is 0 Å². The van der Waals surface area contributed by atoms with Crippen molar-refractivity contribution in [2.45, 2.75) is 31.9 Å². The summed E-state index contributed by atoms with van der Waals surface area (Å²) in [5, 5.41) is 10.9. The molecule has 0 spiro atoms. The number of nitrogens with zero attached hydrogens (tertiary/aromatic N) is 3. The lowest BCUT2D eigenvalue weighted by atomic mass is 9.95. The van der Waals surface area contributed by atoms with Crippen molar-refractivity contribution in [3.8, 4) is 0 Å². The molecule has 1 atom stereocenters. The number of nitrogens with one attached hydrogen (secondary N) is 1. The lowest BCUT2D eigenvalue weighted by Crippen LogP contribution is -2.45. The van der Waals surface area contributed by atoms with Gasteiger partial charge in [-0.1, -0.05) is 17.3 Å². The highest BCUT2D eigenvalue weighted by Gasteiger charge is 2.42. The standard InChI is InChI=1S/C17H19FN4O2/c1-17(16(23)19-7-3-9-22-10-4-8-20-22)12-15(21-24-17)13-5-2-6-14(18)11-13/h2,4-6,8,10-11H,3,7,9,12H2,1H3,(H,19,23). The van der Waals surface area contributed by atoms with Crippen molar-refractivity contribution in [2.75, 3.05) is 6.54 Å². The van der Waals surface area contributed by atoms with Crippen LogP contribution in [0.2, 0.25) is 0 Å². The Kier molecular flexibility index (Phi) is 4.59. The van der Waals surface area contributed by atoms with E-state index >= 15 is 0 Å². The number of hydrogen-bond acceptors (Lipinski definition) is 4. The van der Waals surface area contributed by atoms with E-state index in [1.807, 2.05) is 16.9 Å². The Morgan fingerprint density at radius 1 is 1.46 bits per heavy atom. The summed E-state index contributed by atoms with van der Waals surface area (Å²) in [5.41, 5.74) is 0.141. The summed E-state index contributed by atoms with van der Waals surface area (Å²) in [6, 6.07) is 7.97. The van der Waals surface area contributed by atoms with Gasteiger partial charge < -0.3 is 10.2 Å². The number of aromatic nitrogens is 2. The summed E-state index contributed by atoms with van der Waals surface area (Å²) in [4.78, 5) is 17.7. The normalized spacial score (nSPS) is 19.7. The molecule has 2 heterocycles. The number of aryl methyl sites for hydroxylation is 1. The number of halogens is 1. The molecule has 6 nitrogen and oxygen atoms in total. The third kappa shape index (κ3) is 3.61. The zero-order chi connectivity index (χ0) is 17.0. The van der Waals surface area contributed by atoms with E-state index in [0.717, 1.165) is 13.0 Å². The van der Waals surface area contributed by atoms with Crippen molar-refractivity contribution < 1.29 is 14.0 Å². The molecule has 1 aliphatic heterocycles. The number of carbonyl (C=O) groups excluding carboxylic acids is 1. The first-order valence-electron chi connectivity index (χ1n) is 7.83. The van der Waals surface area contributed by atoms with Crippen LogP contribution in [-0.4, -0.2) is 33.5 Å². The molecule has 7 heteroatoms. The van der Waals surface area contributed by atoms with Gasteiger partial charge >= 0.3 is 0 Å². The van der Waals surface area contributed by atoms with E-state index in [0.29, 0.717) is 24.2 Å². The lowest BCUT2D eigenvalue weighted by molar-refractivity contribution is -0.141.